The van der Waals surface area contributed by atoms with E-state index < -0.39 is 0 Å². The number of fused-ring (bicyclic) bond motifs is 8. The first-order chi connectivity index (χ1) is 26.3. The van der Waals surface area contributed by atoms with Crippen molar-refractivity contribution in [3.63, 3.8) is 0 Å². The molecule has 0 aliphatic heterocycles. The first kappa shape index (κ1) is 29.6. The molecule has 0 spiro atoms. The molecule has 0 atom stereocenters. The van der Waals surface area contributed by atoms with Crippen LogP contribution in [0.25, 0.3) is 93.8 Å². The molecule has 11 aromatic rings. The molecule has 3 aromatic heterocycles. The van der Waals surface area contributed by atoms with Gasteiger partial charge in [-0.3, -0.25) is 0 Å². The first-order valence-corrected chi connectivity index (χ1v) is 18.2. The lowest BCUT2D eigenvalue weighted by molar-refractivity contribution is 1.13. The van der Waals surface area contributed by atoms with Crippen LogP contribution in [0.15, 0.2) is 200 Å². The summed E-state index contributed by atoms with van der Waals surface area (Å²) in [4.78, 5) is 0. The van der Waals surface area contributed by atoms with Gasteiger partial charge in [0.15, 0.2) is 0 Å². The molecule has 3 nitrogen and oxygen atoms in total. The average molecular weight is 676 g/mol. The predicted octanol–water partition coefficient (Wildman–Crippen LogP) is 13.2. The highest BCUT2D eigenvalue weighted by atomic mass is 15.0. The van der Waals surface area contributed by atoms with Gasteiger partial charge in [0.05, 0.1) is 27.6 Å². The second kappa shape index (κ2) is 11.7. The minimum Gasteiger partial charge on any atom is -0.316 e. The van der Waals surface area contributed by atoms with Gasteiger partial charge in [-0.25, -0.2) is 0 Å². The molecule has 0 radical (unpaired) electrons. The number of hydrogen-bond acceptors (Lipinski definition) is 0. The lowest BCUT2D eigenvalue weighted by Gasteiger charge is -2.12. The van der Waals surface area contributed by atoms with Crippen molar-refractivity contribution in [3.05, 3.63) is 200 Å². The van der Waals surface area contributed by atoms with E-state index in [9.17, 15) is 0 Å². The fraction of sp³-hybridized carbons (Fsp3) is 0. The molecule has 0 aliphatic carbocycles. The topological polar surface area (TPSA) is 14.8 Å². The maximum Gasteiger partial charge on any atom is 0.0628 e. The Morgan fingerprint density at radius 2 is 0.792 bits per heavy atom. The molecule has 0 saturated heterocycles. The number of nitrogens with zero attached hydrogens (tertiary/aromatic N) is 3. The van der Waals surface area contributed by atoms with Crippen LogP contribution in [0.3, 0.4) is 0 Å². The summed E-state index contributed by atoms with van der Waals surface area (Å²) >= 11 is 0. The number of rotatable bonds is 5. The van der Waals surface area contributed by atoms with Gasteiger partial charge in [-0.05, 0) is 101 Å². The molecular weight excluding hydrogens is 643 g/mol. The Hall–Kier alpha value is -7.10. The zero-order valence-electron chi connectivity index (χ0n) is 28.9. The fourth-order valence-corrected chi connectivity index (χ4v) is 8.44. The zero-order chi connectivity index (χ0) is 34.9. The molecular formula is C50H33N3. The normalized spacial score (nSPS) is 11.8. The van der Waals surface area contributed by atoms with Crippen molar-refractivity contribution < 1.29 is 0 Å². The van der Waals surface area contributed by atoms with E-state index in [0.29, 0.717) is 0 Å². The van der Waals surface area contributed by atoms with Gasteiger partial charge in [-0.15, -0.1) is 0 Å². The molecule has 11 rings (SSSR count). The SMILES string of the molecule is c1ccc(-c2ccc3c(c2)c2cc(-c4ccccc4)ccc2n3-c2ccc(-n3c4ccccc4c4c5c(ccc43)ccn5-c3ccccc3)cc2)cc1. The number of benzene rings is 8. The van der Waals surface area contributed by atoms with E-state index in [1.54, 1.807) is 0 Å². The lowest BCUT2D eigenvalue weighted by Crippen LogP contribution is -1.97. The van der Waals surface area contributed by atoms with Crippen LogP contribution < -0.4 is 0 Å². The van der Waals surface area contributed by atoms with Gasteiger partial charge in [0.1, 0.15) is 0 Å². The molecule has 3 heteroatoms. The molecule has 0 amide bonds. The van der Waals surface area contributed by atoms with Crippen molar-refractivity contribution in [2.45, 2.75) is 0 Å². The molecule has 248 valence electrons. The van der Waals surface area contributed by atoms with Crippen LogP contribution in [0.4, 0.5) is 0 Å². The van der Waals surface area contributed by atoms with Crippen molar-refractivity contribution >= 4 is 54.5 Å². The Labute approximate surface area is 306 Å². The third-order valence-electron chi connectivity index (χ3n) is 10.9. The van der Waals surface area contributed by atoms with Crippen LogP contribution in [0.2, 0.25) is 0 Å². The second-order valence-corrected chi connectivity index (χ2v) is 13.8. The van der Waals surface area contributed by atoms with Gasteiger partial charge < -0.3 is 13.7 Å². The standard InChI is InChI=1S/C50H33N3/c1-4-12-34(13-5-1)37-21-27-46-43(32-37)44-33-38(35-14-6-2-7-15-35)22-28-47(44)52(46)40-23-25-41(26-24-40)53-45-19-11-10-18-42(45)49-48(53)29-20-36-30-31-51(50(36)49)39-16-8-3-9-17-39/h1-33H. The van der Waals surface area contributed by atoms with E-state index in [1.807, 2.05) is 0 Å². The van der Waals surface area contributed by atoms with Gasteiger partial charge >= 0.3 is 0 Å². The summed E-state index contributed by atoms with van der Waals surface area (Å²) < 4.78 is 7.16. The predicted molar refractivity (Wildman–Crippen MR) is 223 cm³/mol. The van der Waals surface area contributed by atoms with Gasteiger partial charge in [-0.1, -0.05) is 115 Å². The van der Waals surface area contributed by atoms with Crippen LogP contribution in [0.5, 0.6) is 0 Å². The quantitative estimate of drug-likeness (QED) is 0.172. The molecule has 0 aliphatic rings. The van der Waals surface area contributed by atoms with Crippen LogP contribution in [-0.4, -0.2) is 13.7 Å². The summed E-state index contributed by atoms with van der Waals surface area (Å²) in [6.45, 7) is 0. The van der Waals surface area contributed by atoms with Crippen molar-refractivity contribution in [2.75, 3.05) is 0 Å². The summed E-state index contributed by atoms with van der Waals surface area (Å²) in [5, 5.41) is 6.24. The van der Waals surface area contributed by atoms with Crippen LogP contribution in [-0.2, 0) is 0 Å². The average Bonchev–Trinajstić information content (AvgIpc) is 3.92. The fourth-order valence-electron chi connectivity index (χ4n) is 8.44. The van der Waals surface area contributed by atoms with E-state index in [0.717, 1.165) is 17.1 Å². The van der Waals surface area contributed by atoms with Crippen molar-refractivity contribution in [2.24, 2.45) is 0 Å². The van der Waals surface area contributed by atoms with E-state index in [-0.39, 0.29) is 0 Å². The number of aromatic nitrogens is 3. The third kappa shape index (κ3) is 4.61. The summed E-state index contributed by atoms with van der Waals surface area (Å²) in [5.41, 5.74) is 14.3. The molecule has 3 heterocycles. The van der Waals surface area contributed by atoms with Gasteiger partial charge in [0.25, 0.3) is 0 Å². The Bertz CT molecular complexity index is 3030. The summed E-state index contributed by atoms with van der Waals surface area (Å²) in [6.07, 6.45) is 2.19. The Morgan fingerprint density at radius 3 is 1.40 bits per heavy atom. The van der Waals surface area contributed by atoms with E-state index in [4.69, 9.17) is 0 Å². The number of hydrogen-bond donors (Lipinski definition) is 0. The second-order valence-electron chi connectivity index (χ2n) is 13.8. The van der Waals surface area contributed by atoms with E-state index in [2.05, 4.69) is 214 Å². The summed E-state index contributed by atoms with van der Waals surface area (Å²) in [7, 11) is 0. The zero-order valence-corrected chi connectivity index (χ0v) is 28.9. The molecule has 0 unspecified atom stereocenters. The van der Waals surface area contributed by atoms with E-state index >= 15 is 0 Å². The molecule has 0 saturated carbocycles. The Balaban J connectivity index is 1.10. The summed E-state index contributed by atoms with van der Waals surface area (Å²) in [5.74, 6) is 0. The van der Waals surface area contributed by atoms with Crippen LogP contribution >= 0.6 is 0 Å². The van der Waals surface area contributed by atoms with Gasteiger partial charge in [0, 0.05) is 50.2 Å². The van der Waals surface area contributed by atoms with E-state index in [1.165, 1.54) is 76.8 Å². The molecule has 0 bridgehead atoms. The first-order valence-electron chi connectivity index (χ1n) is 18.2. The maximum atomic E-state index is 2.42. The van der Waals surface area contributed by atoms with Crippen LogP contribution in [0, 0.1) is 0 Å². The molecule has 8 aromatic carbocycles. The number of para-hydroxylation sites is 2. The highest BCUT2D eigenvalue weighted by molar-refractivity contribution is 6.21. The Morgan fingerprint density at radius 1 is 0.302 bits per heavy atom. The minimum atomic E-state index is 1.13. The highest BCUT2D eigenvalue weighted by Gasteiger charge is 2.19. The maximum absolute atomic E-state index is 2.42. The molecule has 0 fully saturated rings. The summed E-state index contributed by atoms with van der Waals surface area (Å²) in [6, 6.07) is 70.4. The molecule has 53 heavy (non-hydrogen) atoms. The smallest absolute Gasteiger partial charge is 0.0628 e. The molecule has 0 N–H and O–H groups in total. The monoisotopic (exact) mass is 675 g/mol. The highest BCUT2D eigenvalue weighted by Crippen LogP contribution is 2.40. The van der Waals surface area contributed by atoms with Crippen molar-refractivity contribution in [3.8, 4) is 39.3 Å². The largest absolute Gasteiger partial charge is 0.316 e. The van der Waals surface area contributed by atoms with Gasteiger partial charge in [-0.2, -0.15) is 0 Å². The minimum absolute atomic E-state index is 1.13. The van der Waals surface area contributed by atoms with Gasteiger partial charge in [0.2, 0.25) is 0 Å². The Kier molecular flexibility index (Phi) is 6.55. The van der Waals surface area contributed by atoms with Crippen LogP contribution in [0.1, 0.15) is 0 Å². The van der Waals surface area contributed by atoms with Crippen molar-refractivity contribution in [1.29, 1.82) is 0 Å². The lowest BCUT2D eigenvalue weighted by atomic mass is 10.0. The van der Waals surface area contributed by atoms with Crippen molar-refractivity contribution in [1.82, 2.24) is 13.7 Å². The third-order valence-corrected chi connectivity index (χ3v) is 10.9.